The third kappa shape index (κ3) is 4.18. The highest BCUT2D eigenvalue weighted by Gasteiger charge is 2.30. The number of hydrogen-bond donors (Lipinski definition) is 0. The van der Waals surface area contributed by atoms with Crippen molar-refractivity contribution >= 4 is 21.6 Å². The van der Waals surface area contributed by atoms with Gasteiger partial charge in [0, 0.05) is 19.3 Å². The number of hydrogen-bond acceptors (Lipinski definition) is 4. The van der Waals surface area contributed by atoms with E-state index >= 15 is 0 Å². The Morgan fingerprint density at radius 2 is 1.72 bits per heavy atom. The van der Waals surface area contributed by atoms with E-state index in [-0.39, 0.29) is 18.2 Å². The molecule has 0 unspecified atom stereocenters. The summed E-state index contributed by atoms with van der Waals surface area (Å²) < 4.78 is 30.6. The van der Waals surface area contributed by atoms with Crippen molar-refractivity contribution in [3.8, 4) is 11.5 Å². The van der Waals surface area contributed by atoms with Crippen LogP contribution in [-0.2, 0) is 14.8 Å². The maximum absolute atomic E-state index is 12.4. The molecule has 1 aliphatic rings. The van der Waals surface area contributed by atoms with Gasteiger partial charge < -0.3 is 9.64 Å². The van der Waals surface area contributed by atoms with Gasteiger partial charge in [0.25, 0.3) is 0 Å². The molecular formula is C18H20N2O4S. The third-order valence-corrected chi connectivity index (χ3v) is 5.99. The molecular weight excluding hydrogens is 340 g/mol. The van der Waals surface area contributed by atoms with Crippen LogP contribution in [0.2, 0.25) is 0 Å². The molecule has 7 heteroatoms. The van der Waals surface area contributed by atoms with E-state index in [0.717, 1.165) is 5.75 Å². The molecule has 25 heavy (non-hydrogen) atoms. The second-order valence-electron chi connectivity index (χ2n) is 5.86. The summed E-state index contributed by atoms with van der Waals surface area (Å²) in [6, 6.07) is 16.5. The van der Waals surface area contributed by atoms with Crippen molar-refractivity contribution in [2.45, 2.75) is 6.42 Å². The molecule has 2 aromatic rings. The minimum Gasteiger partial charge on any atom is -0.457 e. The first-order valence-corrected chi connectivity index (χ1v) is 9.64. The molecule has 3 rings (SSSR count). The van der Waals surface area contributed by atoms with Crippen LogP contribution in [0.4, 0.5) is 5.69 Å². The molecule has 132 valence electrons. The fourth-order valence-electron chi connectivity index (χ4n) is 2.63. The van der Waals surface area contributed by atoms with Gasteiger partial charge in [-0.05, 0) is 42.8 Å². The van der Waals surface area contributed by atoms with E-state index in [1.54, 1.807) is 31.3 Å². The Kier molecular flexibility index (Phi) is 5.06. The van der Waals surface area contributed by atoms with Gasteiger partial charge in [0.2, 0.25) is 15.9 Å². The number of anilines is 1. The highest BCUT2D eigenvalue weighted by molar-refractivity contribution is 7.89. The van der Waals surface area contributed by atoms with Crippen LogP contribution in [0.1, 0.15) is 6.42 Å². The first kappa shape index (κ1) is 17.4. The number of ether oxygens (including phenoxy) is 1. The summed E-state index contributed by atoms with van der Waals surface area (Å²) in [6.45, 7) is 0.285. The average Bonchev–Trinajstić information content (AvgIpc) is 2.94. The van der Waals surface area contributed by atoms with Crippen molar-refractivity contribution in [3.05, 3.63) is 54.6 Å². The number of nitrogens with zero attached hydrogens (tertiary/aromatic N) is 2. The molecule has 0 aromatic heterocycles. The molecule has 1 saturated heterocycles. The zero-order valence-corrected chi connectivity index (χ0v) is 14.8. The second kappa shape index (κ2) is 7.25. The van der Waals surface area contributed by atoms with E-state index in [4.69, 9.17) is 4.74 Å². The largest absolute Gasteiger partial charge is 0.457 e. The Morgan fingerprint density at radius 1 is 1.08 bits per heavy atom. The fraction of sp³-hybridized carbons (Fsp3) is 0.278. The van der Waals surface area contributed by atoms with Crippen molar-refractivity contribution in [3.63, 3.8) is 0 Å². The number of carbonyl (C=O) groups is 1. The van der Waals surface area contributed by atoms with Crippen LogP contribution < -0.4 is 9.64 Å². The van der Waals surface area contributed by atoms with Crippen molar-refractivity contribution in [1.29, 1.82) is 0 Å². The first-order valence-electron chi connectivity index (χ1n) is 8.03. The molecule has 1 amide bonds. The molecule has 1 fully saturated rings. The number of carbonyl (C=O) groups excluding carboxylic acids is 1. The minimum absolute atomic E-state index is 0.121. The smallest absolute Gasteiger partial charge is 0.242 e. The summed E-state index contributed by atoms with van der Waals surface area (Å²) in [6.07, 6.45) is 0.574. The maximum Gasteiger partial charge on any atom is 0.242 e. The summed E-state index contributed by atoms with van der Waals surface area (Å²) in [5.74, 6) is 1.26. The SMILES string of the molecule is CN(C(=O)CN1CCCS1(=O)=O)c1ccc(Oc2ccccc2)cc1. The maximum atomic E-state index is 12.4. The standard InChI is InChI=1S/C18H20N2O4S/c1-19(18(21)14-20-12-5-13-25(20,22)23)15-8-10-17(11-9-15)24-16-6-3-2-4-7-16/h2-4,6-11H,5,12-14H2,1H3. The van der Waals surface area contributed by atoms with E-state index in [9.17, 15) is 13.2 Å². The van der Waals surface area contributed by atoms with Gasteiger partial charge in [-0.2, -0.15) is 4.31 Å². The third-order valence-electron chi connectivity index (χ3n) is 4.09. The van der Waals surface area contributed by atoms with E-state index in [0.29, 0.717) is 24.4 Å². The quantitative estimate of drug-likeness (QED) is 0.822. The lowest BCUT2D eigenvalue weighted by Gasteiger charge is -2.21. The number of sulfonamides is 1. The Morgan fingerprint density at radius 3 is 2.32 bits per heavy atom. The number of benzene rings is 2. The summed E-state index contributed by atoms with van der Waals surface area (Å²) in [5.41, 5.74) is 0.682. The molecule has 1 aliphatic heterocycles. The number of amides is 1. The van der Waals surface area contributed by atoms with E-state index in [2.05, 4.69) is 0 Å². The highest BCUT2D eigenvalue weighted by Crippen LogP contribution is 2.24. The van der Waals surface area contributed by atoms with Gasteiger partial charge in [-0.25, -0.2) is 8.42 Å². The lowest BCUT2D eigenvalue weighted by Crippen LogP contribution is -2.39. The van der Waals surface area contributed by atoms with Gasteiger partial charge in [-0.1, -0.05) is 18.2 Å². The molecule has 1 heterocycles. The predicted octanol–water partition coefficient (Wildman–Crippen LogP) is 2.48. The summed E-state index contributed by atoms with van der Waals surface area (Å²) in [7, 11) is -1.64. The molecule has 0 N–H and O–H groups in total. The van der Waals surface area contributed by atoms with Gasteiger partial charge in [0.05, 0.1) is 12.3 Å². The Labute approximate surface area is 147 Å². The van der Waals surface area contributed by atoms with Crippen LogP contribution in [0, 0.1) is 0 Å². The van der Waals surface area contributed by atoms with Crippen LogP contribution in [0.3, 0.4) is 0 Å². The summed E-state index contributed by atoms with van der Waals surface area (Å²) >= 11 is 0. The Balaban J connectivity index is 1.64. The number of rotatable bonds is 5. The second-order valence-corrected chi connectivity index (χ2v) is 7.95. The van der Waals surface area contributed by atoms with Gasteiger partial charge in [-0.3, -0.25) is 4.79 Å². The van der Waals surface area contributed by atoms with Gasteiger partial charge in [0.1, 0.15) is 11.5 Å². The highest BCUT2D eigenvalue weighted by atomic mass is 32.2. The van der Waals surface area contributed by atoms with Crippen LogP contribution in [0.25, 0.3) is 0 Å². The Hall–Kier alpha value is -2.38. The molecule has 2 aromatic carbocycles. The zero-order chi connectivity index (χ0) is 17.9. The van der Waals surface area contributed by atoms with Crippen molar-refractivity contribution in [1.82, 2.24) is 4.31 Å². The topological polar surface area (TPSA) is 66.9 Å². The molecule has 6 nitrogen and oxygen atoms in total. The van der Waals surface area contributed by atoms with Crippen molar-refractivity contribution in [2.75, 3.05) is 30.8 Å². The van der Waals surface area contributed by atoms with E-state index in [1.165, 1.54) is 9.21 Å². The monoisotopic (exact) mass is 360 g/mol. The van der Waals surface area contributed by atoms with Crippen LogP contribution in [-0.4, -0.2) is 44.5 Å². The molecule has 0 radical (unpaired) electrons. The molecule has 0 saturated carbocycles. The van der Waals surface area contributed by atoms with Crippen LogP contribution >= 0.6 is 0 Å². The normalized spacial score (nSPS) is 16.5. The minimum atomic E-state index is -3.27. The molecule has 0 atom stereocenters. The molecule has 0 spiro atoms. The van der Waals surface area contributed by atoms with E-state index < -0.39 is 10.0 Å². The van der Waals surface area contributed by atoms with Gasteiger partial charge in [-0.15, -0.1) is 0 Å². The first-order chi connectivity index (χ1) is 12.0. The average molecular weight is 360 g/mol. The zero-order valence-electron chi connectivity index (χ0n) is 14.0. The Bertz CT molecular complexity index is 835. The molecule has 0 aliphatic carbocycles. The number of likely N-dealkylation sites (N-methyl/N-ethyl adjacent to an activating group) is 1. The fourth-order valence-corrected chi connectivity index (χ4v) is 4.10. The summed E-state index contributed by atoms with van der Waals surface area (Å²) in [4.78, 5) is 13.8. The predicted molar refractivity (Wildman–Crippen MR) is 96.3 cm³/mol. The van der Waals surface area contributed by atoms with Crippen LogP contribution in [0.5, 0.6) is 11.5 Å². The van der Waals surface area contributed by atoms with E-state index in [1.807, 2.05) is 30.3 Å². The van der Waals surface area contributed by atoms with Crippen molar-refractivity contribution in [2.24, 2.45) is 0 Å². The van der Waals surface area contributed by atoms with Crippen LogP contribution in [0.15, 0.2) is 54.6 Å². The van der Waals surface area contributed by atoms with Gasteiger partial charge in [0.15, 0.2) is 0 Å². The summed E-state index contributed by atoms with van der Waals surface area (Å²) in [5, 5.41) is 0. The number of para-hydroxylation sites is 1. The lowest BCUT2D eigenvalue weighted by molar-refractivity contribution is -0.118. The lowest BCUT2D eigenvalue weighted by atomic mass is 10.2. The van der Waals surface area contributed by atoms with Gasteiger partial charge >= 0.3 is 0 Å². The molecule has 0 bridgehead atoms. The van der Waals surface area contributed by atoms with Crippen molar-refractivity contribution < 1.29 is 17.9 Å².